The maximum atomic E-state index is 9.05. The van der Waals surface area contributed by atoms with Gasteiger partial charge in [-0.2, -0.15) is 20.2 Å². The van der Waals surface area contributed by atoms with Crippen molar-refractivity contribution in [2.24, 2.45) is 5.92 Å². The molecule has 0 bridgehead atoms. The lowest BCUT2D eigenvalue weighted by Gasteiger charge is -2.26. The summed E-state index contributed by atoms with van der Waals surface area (Å²) in [6, 6.07) is 2.02. The molecule has 1 aromatic rings. The lowest BCUT2D eigenvalue weighted by molar-refractivity contribution is 0.566. The summed E-state index contributed by atoms with van der Waals surface area (Å²) in [6.07, 6.45) is 4.62. The Bertz CT molecular complexity index is 473. The molecule has 0 aliphatic carbocycles. The second-order valence-electron chi connectivity index (χ2n) is 5.55. The summed E-state index contributed by atoms with van der Waals surface area (Å²) in [5, 5.41) is 12.2. The van der Waals surface area contributed by atoms with Crippen LogP contribution < -0.4 is 10.2 Å². The van der Waals surface area contributed by atoms with E-state index in [4.69, 9.17) is 5.26 Å². The minimum absolute atomic E-state index is 0.188. The molecule has 1 aromatic heterocycles. The molecule has 108 valence electrons. The molecular formula is C14H22N6. The molecule has 0 spiro atoms. The highest BCUT2D eigenvalue weighted by atomic mass is 15.3. The van der Waals surface area contributed by atoms with Crippen LogP contribution in [0.5, 0.6) is 0 Å². The lowest BCUT2D eigenvalue weighted by Crippen LogP contribution is -2.31. The average molecular weight is 274 g/mol. The van der Waals surface area contributed by atoms with E-state index < -0.39 is 0 Å². The largest absolute Gasteiger partial charge is 0.354 e. The number of piperidine rings is 1. The maximum Gasteiger partial charge on any atom is 0.238 e. The maximum absolute atomic E-state index is 9.05. The number of hydrogen-bond acceptors (Lipinski definition) is 6. The fraction of sp³-hybridized carbons (Fsp3) is 0.714. The normalized spacial score (nSPS) is 15.2. The number of nitriles is 1. The third-order valence-electron chi connectivity index (χ3n) is 3.37. The Labute approximate surface area is 120 Å². The van der Waals surface area contributed by atoms with Gasteiger partial charge >= 0.3 is 0 Å². The topological polar surface area (TPSA) is 77.7 Å². The van der Waals surface area contributed by atoms with E-state index in [1.54, 1.807) is 0 Å². The third kappa shape index (κ3) is 4.05. The summed E-state index contributed by atoms with van der Waals surface area (Å²) in [5.41, 5.74) is 0. The van der Waals surface area contributed by atoms with Crippen molar-refractivity contribution >= 4 is 11.9 Å². The predicted octanol–water partition coefficient (Wildman–Crippen LogP) is 2.19. The SMILES string of the molecule is CC(C)CCNc1nc(C#N)nc(N2CCCCC2)n1. The van der Waals surface area contributed by atoms with Crippen LogP contribution in [0.1, 0.15) is 45.4 Å². The Kier molecular flexibility index (Phi) is 5.10. The molecule has 1 fully saturated rings. The van der Waals surface area contributed by atoms with Gasteiger partial charge in [0.15, 0.2) is 0 Å². The molecule has 0 amide bonds. The molecule has 1 aliphatic rings. The van der Waals surface area contributed by atoms with E-state index in [0.717, 1.165) is 38.9 Å². The molecule has 2 heterocycles. The number of anilines is 2. The Morgan fingerprint density at radius 3 is 2.60 bits per heavy atom. The minimum Gasteiger partial charge on any atom is -0.354 e. The van der Waals surface area contributed by atoms with Crippen LogP contribution in [0.4, 0.5) is 11.9 Å². The number of rotatable bonds is 5. The van der Waals surface area contributed by atoms with Gasteiger partial charge in [0, 0.05) is 19.6 Å². The summed E-state index contributed by atoms with van der Waals surface area (Å²) in [4.78, 5) is 14.9. The van der Waals surface area contributed by atoms with Crippen LogP contribution in [-0.4, -0.2) is 34.6 Å². The van der Waals surface area contributed by atoms with Crippen molar-refractivity contribution < 1.29 is 0 Å². The number of hydrogen-bond donors (Lipinski definition) is 1. The van der Waals surface area contributed by atoms with E-state index in [1.165, 1.54) is 6.42 Å². The molecule has 1 saturated heterocycles. The van der Waals surface area contributed by atoms with E-state index in [1.807, 2.05) is 6.07 Å². The molecule has 0 radical (unpaired) electrons. The Morgan fingerprint density at radius 2 is 1.95 bits per heavy atom. The molecule has 0 saturated carbocycles. The van der Waals surface area contributed by atoms with Crippen LogP contribution in [0.25, 0.3) is 0 Å². The van der Waals surface area contributed by atoms with Crippen LogP contribution in [0.3, 0.4) is 0 Å². The lowest BCUT2D eigenvalue weighted by atomic mass is 10.1. The fourth-order valence-electron chi connectivity index (χ4n) is 2.20. The third-order valence-corrected chi connectivity index (χ3v) is 3.37. The van der Waals surface area contributed by atoms with Crippen molar-refractivity contribution in [3.63, 3.8) is 0 Å². The molecule has 2 rings (SSSR count). The van der Waals surface area contributed by atoms with Crippen molar-refractivity contribution in [2.75, 3.05) is 29.9 Å². The van der Waals surface area contributed by atoms with Crippen LogP contribution >= 0.6 is 0 Å². The standard InChI is InChI=1S/C14H22N6/c1-11(2)6-7-16-13-17-12(10-15)18-14(19-13)20-8-4-3-5-9-20/h11H,3-9H2,1-2H3,(H,16,17,18,19). The molecular weight excluding hydrogens is 252 g/mol. The highest BCUT2D eigenvalue weighted by molar-refractivity contribution is 5.39. The molecule has 1 N–H and O–H groups in total. The Balaban J connectivity index is 2.09. The minimum atomic E-state index is 0.188. The molecule has 20 heavy (non-hydrogen) atoms. The summed E-state index contributed by atoms with van der Waals surface area (Å²) < 4.78 is 0. The first-order valence-electron chi connectivity index (χ1n) is 7.34. The van der Waals surface area contributed by atoms with Gasteiger partial charge in [0.2, 0.25) is 17.7 Å². The van der Waals surface area contributed by atoms with E-state index >= 15 is 0 Å². The van der Waals surface area contributed by atoms with E-state index in [9.17, 15) is 0 Å². The van der Waals surface area contributed by atoms with Crippen LogP contribution in [0, 0.1) is 17.2 Å². The van der Waals surface area contributed by atoms with Gasteiger partial charge in [-0.3, -0.25) is 0 Å². The smallest absolute Gasteiger partial charge is 0.238 e. The second kappa shape index (κ2) is 7.04. The van der Waals surface area contributed by atoms with Gasteiger partial charge in [0.1, 0.15) is 6.07 Å². The number of aromatic nitrogens is 3. The number of nitrogens with one attached hydrogen (secondary N) is 1. The molecule has 0 aromatic carbocycles. The van der Waals surface area contributed by atoms with Gasteiger partial charge in [-0.05, 0) is 31.6 Å². The van der Waals surface area contributed by atoms with Gasteiger partial charge in [-0.25, -0.2) is 0 Å². The summed E-state index contributed by atoms with van der Waals surface area (Å²) >= 11 is 0. The molecule has 1 aliphatic heterocycles. The van der Waals surface area contributed by atoms with Gasteiger partial charge in [0.25, 0.3) is 0 Å². The van der Waals surface area contributed by atoms with Crippen molar-refractivity contribution in [1.82, 2.24) is 15.0 Å². The van der Waals surface area contributed by atoms with Gasteiger partial charge in [-0.15, -0.1) is 0 Å². The summed E-state index contributed by atoms with van der Waals surface area (Å²) in [5.74, 6) is 1.95. The number of nitrogens with zero attached hydrogens (tertiary/aromatic N) is 5. The monoisotopic (exact) mass is 274 g/mol. The predicted molar refractivity (Wildman–Crippen MR) is 78.6 cm³/mol. The van der Waals surface area contributed by atoms with Gasteiger partial charge in [0.05, 0.1) is 0 Å². The Morgan fingerprint density at radius 1 is 1.20 bits per heavy atom. The molecule has 0 atom stereocenters. The zero-order valence-electron chi connectivity index (χ0n) is 12.3. The summed E-state index contributed by atoms with van der Waals surface area (Å²) in [7, 11) is 0. The van der Waals surface area contributed by atoms with E-state index in [-0.39, 0.29) is 5.82 Å². The summed E-state index contributed by atoms with van der Waals surface area (Å²) in [6.45, 7) is 7.08. The first-order chi connectivity index (χ1) is 9.69. The van der Waals surface area contributed by atoms with Crippen LogP contribution in [0.15, 0.2) is 0 Å². The second-order valence-corrected chi connectivity index (χ2v) is 5.55. The van der Waals surface area contributed by atoms with Crippen molar-refractivity contribution in [3.8, 4) is 6.07 Å². The highest BCUT2D eigenvalue weighted by Crippen LogP contribution is 2.17. The van der Waals surface area contributed by atoms with Crippen molar-refractivity contribution in [2.45, 2.75) is 39.5 Å². The average Bonchev–Trinajstić information content (AvgIpc) is 2.47. The molecule has 6 nitrogen and oxygen atoms in total. The van der Waals surface area contributed by atoms with Crippen LogP contribution in [0.2, 0.25) is 0 Å². The van der Waals surface area contributed by atoms with Crippen molar-refractivity contribution in [3.05, 3.63) is 5.82 Å². The quantitative estimate of drug-likeness (QED) is 0.886. The highest BCUT2D eigenvalue weighted by Gasteiger charge is 2.16. The van der Waals surface area contributed by atoms with Gasteiger partial charge < -0.3 is 10.2 Å². The molecule has 6 heteroatoms. The zero-order valence-corrected chi connectivity index (χ0v) is 12.3. The van der Waals surface area contributed by atoms with E-state index in [2.05, 4.69) is 39.0 Å². The Hall–Kier alpha value is -1.90. The molecule has 0 unspecified atom stereocenters. The fourth-order valence-corrected chi connectivity index (χ4v) is 2.20. The van der Waals surface area contributed by atoms with Crippen molar-refractivity contribution in [1.29, 1.82) is 5.26 Å². The zero-order chi connectivity index (χ0) is 14.4. The first kappa shape index (κ1) is 14.5. The van der Waals surface area contributed by atoms with E-state index in [0.29, 0.717) is 17.8 Å². The van der Waals surface area contributed by atoms with Gasteiger partial charge in [-0.1, -0.05) is 13.8 Å². The first-order valence-corrected chi connectivity index (χ1v) is 7.34. The van der Waals surface area contributed by atoms with Crippen LogP contribution in [-0.2, 0) is 0 Å².